The zero-order valence-corrected chi connectivity index (χ0v) is 25.1. The minimum Gasteiger partial charge on any atom is -0.509 e. The van der Waals surface area contributed by atoms with Crippen molar-refractivity contribution in [2.45, 2.75) is 44.2 Å². The Hall–Kier alpha value is -3.80. The van der Waals surface area contributed by atoms with Crippen molar-refractivity contribution in [2.24, 2.45) is 0 Å². The smallest absolute Gasteiger partial charge is 0.433 e. The summed E-state index contributed by atoms with van der Waals surface area (Å²) in [5.74, 6) is -5.32. The fourth-order valence-corrected chi connectivity index (χ4v) is 5.79. The van der Waals surface area contributed by atoms with E-state index in [1.807, 2.05) is 0 Å². The van der Waals surface area contributed by atoms with Crippen molar-refractivity contribution in [2.75, 3.05) is 11.9 Å². The highest BCUT2D eigenvalue weighted by Gasteiger charge is 2.53. The number of rotatable bonds is 5. The standard InChI is InChI=1S/C29H21F8IN4O3/c1-27-9-2-10-42(27)41(13-15-3-6-18(38)23(31)22(15)30)26(45)21(24(27)43)25(44)40-19-7-5-16(28(32,33)34)11-17(19)14-4-8-20(39-12-14)29(35,36)37/h3-8,11-12,43H,2,9-10,13H2,1H3,(H,40,44)/t27-/m1/s1. The van der Waals surface area contributed by atoms with E-state index in [1.54, 1.807) is 22.6 Å². The highest BCUT2D eigenvalue weighted by atomic mass is 127. The molecule has 3 heterocycles. The average molecular weight is 752 g/mol. The number of halogens is 9. The topological polar surface area (TPSA) is 85.8 Å². The van der Waals surface area contributed by atoms with Gasteiger partial charge in [0.25, 0.3) is 11.8 Å². The molecule has 16 heteroatoms. The van der Waals surface area contributed by atoms with Gasteiger partial charge in [-0.1, -0.05) is 12.1 Å². The summed E-state index contributed by atoms with van der Waals surface area (Å²) < 4.78 is 109. The van der Waals surface area contributed by atoms with E-state index in [0.29, 0.717) is 30.8 Å². The number of aromatic nitrogens is 1. The fourth-order valence-electron chi connectivity index (χ4n) is 5.37. The summed E-state index contributed by atoms with van der Waals surface area (Å²) in [7, 11) is 0. The number of nitrogens with zero attached hydrogens (tertiary/aromatic N) is 3. The molecule has 1 fully saturated rings. The fraction of sp³-hybridized carbons (Fsp3) is 0.276. The number of hydrogen-bond acceptors (Lipinski definition) is 5. The number of benzene rings is 2. The zero-order chi connectivity index (χ0) is 33.1. The predicted molar refractivity (Wildman–Crippen MR) is 152 cm³/mol. The molecule has 2 amide bonds. The Labute approximate surface area is 263 Å². The Balaban J connectivity index is 1.54. The molecule has 0 aliphatic carbocycles. The van der Waals surface area contributed by atoms with Crippen molar-refractivity contribution in [3.63, 3.8) is 0 Å². The first kappa shape index (κ1) is 32.6. The lowest BCUT2D eigenvalue weighted by Crippen LogP contribution is -2.60. The van der Waals surface area contributed by atoms with E-state index >= 15 is 0 Å². The van der Waals surface area contributed by atoms with Crippen molar-refractivity contribution < 1.29 is 49.8 Å². The van der Waals surface area contributed by atoms with E-state index in [1.165, 1.54) is 24.1 Å². The van der Waals surface area contributed by atoms with Crippen molar-refractivity contribution in [3.8, 4) is 11.1 Å². The van der Waals surface area contributed by atoms with Gasteiger partial charge in [0, 0.05) is 35.1 Å². The van der Waals surface area contributed by atoms with Gasteiger partial charge in [-0.3, -0.25) is 19.6 Å². The van der Waals surface area contributed by atoms with Crippen molar-refractivity contribution in [3.05, 3.63) is 92.0 Å². The predicted octanol–water partition coefficient (Wildman–Crippen LogP) is 7.23. The summed E-state index contributed by atoms with van der Waals surface area (Å²) in [6, 6.07) is 6.06. The van der Waals surface area contributed by atoms with Gasteiger partial charge in [0.15, 0.2) is 11.6 Å². The SMILES string of the molecule is C[C@]12CCCN1N(Cc1ccc(I)c(F)c1F)C(=O)C(C(=O)Nc1ccc(C(F)(F)F)cc1-c1ccc(C(F)(F)F)nc1)=C2O. The first-order valence-corrected chi connectivity index (χ1v) is 14.2. The molecule has 2 aliphatic heterocycles. The first-order valence-electron chi connectivity index (χ1n) is 13.1. The molecule has 1 aromatic heterocycles. The molecule has 0 radical (unpaired) electrons. The van der Waals surface area contributed by atoms with Crippen molar-refractivity contribution in [1.29, 1.82) is 0 Å². The highest BCUT2D eigenvalue weighted by Crippen LogP contribution is 2.43. The number of aliphatic hydroxyl groups is 1. The molecule has 7 nitrogen and oxygen atoms in total. The monoisotopic (exact) mass is 752 g/mol. The largest absolute Gasteiger partial charge is 0.509 e. The van der Waals surface area contributed by atoms with Crippen LogP contribution in [0.15, 0.2) is 60.0 Å². The number of aliphatic hydroxyl groups excluding tert-OH is 1. The number of hydrazine groups is 1. The Morgan fingerprint density at radius 1 is 1.04 bits per heavy atom. The first-order chi connectivity index (χ1) is 20.9. The Kier molecular flexibility index (Phi) is 8.35. The number of pyridine rings is 1. The van der Waals surface area contributed by atoms with Crippen LogP contribution in [0.2, 0.25) is 0 Å². The number of hydrogen-bond donors (Lipinski definition) is 2. The van der Waals surface area contributed by atoms with Gasteiger partial charge >= 0.3 is 12.4 Å². The van der Waals surface area contributed by atoms with Crippen LogP contribution in [0.3, 0.4) is 0 Å². The number of alkyl halides is 6. The van der Waals surface area contributed by atoms with Crippen molar-refractivity contribution in [1.82, 2.24) is 15.0 Å². The molecule has 0 bridgehead atoms. The van der Waals surface area contributed by atoms with Gasteiger partial charge in [-0.15, -0.1) is 0 Å². The number of carbonyl (C=O) groups excluding carboxylic acids is 2. The quantitative estimate of drug-likeness (QED) is 0.124. The van der Waals surface area contributed by atoms with Crippen LogP contribution in [0.25, 0.3) is 11.1 Å². The van der Waals surface area contributed by atoms with Crippen molar-refractivity contribution >= 4 is 40.1 Å². The molecular weight excluding hydrogens is 731 g/mol. The zero-order valence-electron chi connectivity index (χ0n) is 23.0. The minimum atomic E-state index is -4.86. The summed E-state index contributed by atoms with van der Waals surface area (Å²) in [5.41, 5.74) is -5.73. The summed E-state index contributed by atoms with van der Waals surface area (Å²) in [6.45, 7) is 1.24. The normalized spacial score (nSPS) is 19.2. The third kappa shape index (κ3) is 5.96. The number of anilines is 1. The molecule has 1 atom stereocenters. The van der Waals surface area contributed by atoms with Gasteiger partial charge in [-0.05, 0) is 72.7 Å². The molecule has 1 saturated heterocycles. The van der Waals surface area contributed by atoms with E-state index in [4.69, 9.17) is 0 Å². The van der Waals surface area contributed by atoms with Gasteiger partial charge in [0.1, 0.15) is 17.0 Å². The maximum absolute atomic E-state index is 14.8. The van der Waals surface area contributed by atoms with E-state index in [9.17, 15) is 49.8 Å². The lowest BCUT2D eigenvalue weighted by Gasteiger charge is -2.46. The van der Waals surface area contributed by atoms with Gasteiger partial charge in [-0.25, -0.2) is 13.8 Å². The summed E-state index contributed by atoms with van der Waals surface area (Å²) in [5, 5.41) is 15.9. The van der Waals surface area contributed by atoms with E-state index in [2.05, 4.69) is 10.3 Å². The molecule has 45 heavy (non-hydrogen) atoms. The second kappa shape index (κ2) is 11.5. The maximum Gasteiger partial charge on any atom is 0.433 e. The minimum absolute atomic E-state index is 0.00182. The van der Waals surface area contributed by atoms with E-state index in [-0.39, 0.29) is 38.9 Å². The molecule has 2 aromatic carbocycles. The van der Waals surface area contributed by atoms with Crippen LogP contribution in [0.1, 0.15) is 36.6 Å². The third-order valence-corrected chi connectivity index (χ3v) is 8.55. The lowest BCUT2D eigenvalue weighted by molar-refractivity contribution is -0.160. The van der Waals surface area contributed by atoms with E-state index in [0.717, 1.165) is 17.1 Å². The third-order valence-electron chi connectivity index (χ3n) is 7.71. The Bertz CT molecular complexity index is 1730. The maximum atomic E-state index is 14.8. The second-order valence-corrected chi connectivity index (χ2v) is 11.7. The van der Waals surface area contributed by atoms with Crippen LogP contribution in [0, 0.1) is 15.2 Å². The van der Waals surface area contributed by atoms with Gasteiger partial charge in [0.2, 0.25) is 0 Å². The molecule has 5 rings (SSSR count). The van der Waals surface area contributed by atoms with Gasteiger partial charge in [0.05, 0.1) is 21.2 Å². The number of fused-ring (bicyclic) bond motifs is 1. The van der Waals surface area contributed by atoms with Gasteiger partial charge < -0.3 is 10.4 Å². The Morgan fingerprint density at radius 2 is 1.76 bits per heavy atom. The lowest BCUT2D eigenvalue weighted by atomic mass is 9.90. The molecule has 0 saturated carbocycles. The molecule has 2 N–H and O–H groups in total. The summed E-state index contributed by atoms with van der Waals surface area (Å²) in [4.78, 5) is 30.6. The average Bonchev–Trinajstić information content (AvgIpc) is 3.37. The van der Waals surface area contributed by atoms with Crippen LogP contribution >= 0.6 is 22.6 Å². The molecule has 3 aromatic rings. The molecule has 238 valence electrons. The number of carbonyl (C=O) groups is 2. The van der Waals surface area contributed by atoms with Gasteiger partial charge in [-0.2, -0.15) is 26.3 Å². The molecular formula is C29H21F8IN4O3. The summed E-state index contributed by atoms with van der Waals surface area (Å²) in [6.07, 6.45) is -8.29. The number of amides is 2. The van der Waals surface area contributed by atoms with Crippen LogP contribution in [-0.2, 0) is 28.5 Å². The van der Waals surface area contributed by atoms with Crippen LogP contribution in [0.4, 0.5) is 40.8 Å². The summed E-state index contributed by atoms with van der Waals surface area (Å²) >= 11 is 1.60. The molecule has 2 aliphatic rings. The van der Waals surface area contributed by atoms with Crippen LogP contribution < -0.4 is 5.32 Å². The highest BCUT2D eigenvalue weighted by molar-refractivity contribution is 14.1. The van der Waals surface area contributed by atoms with Crippen LogP contribution in [0.5, 0.6) is 0 Å². The molecule has 0 unspecified atom stereocenters. The number of nitrogens with one attached hydrogen (secondary N) is 1. The van der Waals surface area contributed by atoms with E-state index < -0.39 is 70.5 Å². The Morgan fingerprint density at radius 3 is 2.38 bits per heavy atom. The van der Waals surface area contributed by atoms with Crippen LogP contribution in [-0.4, -0.2) is 44.0 Å². The second-order valence-electron chi connectivity index (χ2n) is 10.6. The molecule has 0 spiro atoms.